The predicted octanol–water partition coefficient (Wildman–Crippen LogP) is 1.10. The molecule has 2 saturated heterocycles. The van der Waals surface area contributed by atoms with Crippen molar-refractivity contribution in [3.63, 3.8) is 0 Å². The molecule has 2 rings (SSSR count). The molecule has 3 nitrogen and oxygen atoms in total. The fourth-order valence-electron chi connectivity index (χ4n) is 2.88. The molecule has 0 aromatic carbocycles. The lowest BCUT2D eigenvalue weighted by atomic mass is 9.94. The number of nitrogens with zero attached hydrogens (tertiary/aromatic N) is 1. The fourth-order valence-corrected chi connectivity index (χ4v) is 2.88. The molecule has 0 aromatic heterocycles. The molecule has 0 aliphatic carbocycles. The first-order valence-electron chi connectivity index (χ1n) is 6.35. The van der Waals surface area contributed by atoms with E-state index >= 15 is 0 Å². The van der Waals surface area contributed by atoms with Gasteiger partial charge in [0.1, 0.15) is 0 Å². The Labute approximate surface area is 93.2 Å². The van der Waals surface area contributed by atoms with Gasteiger partial charge in [0.05, 0.1) is 0 Å². The molecule has 3 heteroatoms. The first-order valence-corrected chi connectivity index (χ1v) is 6.35. The summed E-state index contributed by atoms with van der Waals surface area (Å²) in [5.74, 6) is 0.932. The van der Waals surface area contributed by atoms with E-state index in [1.165, 1.54) is 51.9 Å². The van der Waals surface area contributed by atoms with Gasteiger partial charge < -0.3 is 15.0 Å². The van der Waals surface area contributed by atoms with Gasteiger partial charge >= 0.3 is 0 Å². The number of hydrogen-bond donors (Lipinski definition) is 1. The van der Waals surface area contributed by atoms with Crippen LogP contribution in [-0.2, 0) is 4.74 Å². The highest BCUT2D eigenvalue weighted by molar-refractivity contribution is 4.90. The lowest BCUT2D eigenvalue weighted by Gasteiger charge is -2.31. The van der Waals surface area contributed by atoms with Crippen LogP contribution in [0.25, 0.3) is 0 Å². The van der Waals surface area contributed by atoms with Crippen molar-refractivity contribution in [1.82, 2.24) is 10.2 Å². The Kier molecular flexibility index (Phi) is 4.42. The number of ether oxygens (including phenoxy) is 1. The van der Waals surface area contributed by atoms with E-state index in [9.17, 15) is 0 Å². The molecule has 88 valence electrons. The minimum absolute atomic E-state index is 0.797. The van der Waals surface area contributed by atoms with Crippen LogP contribution in [-0.4, -0.2) is 50.8 Å². The number of fused-ring (bicyclic) bond motifs is 2. The average Bonchev–Trinajstić information content (AvgIpc) is 2.64. The third-order valence-electron chi connectivity index (χ3n) is 3.82. The van der Waals surface area contributed by atoms with Crippen molar-refractivity contribution in [2.24, 2.45) is 5.92 Å². The summed E-state index contributed by atoms with van der Waals surface area (Å²) in [6.07, 6.45) is 5.21. The molecule has 15 heavy (non-hydrogen) atoms. The zero-order valence-corrected chi connectivity index (χ0v) is 9.87. The monoisotopic (exact) mass is 212 g/mol. The van der Waals surface area contributed by atoms with Crippen LogP contribution in [0.4, 0.5) is 0 Å². The molecule has 2 bridgehead atoms. The van der Waals surface area contributed by atoms with Gasteiger partial charge in [0.25, 0.3) is 0 Å². The highest BCUT2D eigenvalue weighted by Crippen LogP contribution is 2.26. The standard InChI is InChI=1S/C12H24N2O/c1-15-9-3-2-6-13-12-5-8-14-7-4-11(12)10-14/h11-13H,2-10H2,1H3. The van der Waals surface area contributed by atoms with E-state index < -0.39 is 0 Å². The minimum atomic E-state index is 0.797. The first kappa shape index (κ1) is 11.4. The molecular formula is C12H24N2O. The van der Waals surface area contributed by atoms with Crippen LogP contribution < -0.4 is 5.32 Å². The van der Waals surface area contributed by atoms with Gasteiger partial charge in [-0.15, -0.1) is 0 Å². The molecule has 0 saturated carbocycles. The lowest BCUT2D eigenvalue weighted by Crippen LogP contribution is -2.44. The van der Waals surface area contributed by atoms with Crippen molar-refractivity contribution < 1.29 is 4.74 Å². The molecule has 3 atom stereocenters. The minimum Gasteiger partial charge on any atom is -0.385 e. The van der Waals surface area contributed by atoms with E-state index in [0.717, 1.165) is 18.6 Å². The topological polar surface area (TPSA) is 24.5 Å². The van der Waals surface area contributed by atoms with E-state index in [4.69, 9.17) is 4.74 Å². The van der Waals surface area contributed by atoms with Crippen LogP contribution in [0, 0.1) is 5.92 Å². The molecule has 2 heterocycles. The van der Waals surface area contributed by atoms with E-state index in [-0.39, 0.29) is 0 Å². The SMILES string of the molecule is COCCCCNC1CCN2CCC1C2. The summed E-state index contributed by atoms with van der Waals surface area (Å²) in [6, 6.07) is 0.797. The molecule has 1 N–H and O–H groups in total. The van der Waals surface area contributed by atoms with Gasteiger partial charge in [0.15, 0.2) is 0 Å². The van der Waals surface area contributed by atoms with E-state index in [0.29, 0.717) is 0 Å². The Balaban J connectivity index is 1.58. The van der Waals surface area contributed by atoms with Crippen molar-refractivity contribution in [1.29, 1.82) is 0 Å². The Bertz CT molecular complexity index is 186. The molecule has 3 unspecified atom stereocenters. The summed E-state index contributed by atoms with van der Waals surface area (Å²) in [5, 5.41) is 3.73. The zero-order valence-electron chi connectivity index (χ0n) is 9.87. The van der Waals surface area contributed by atoms with Crippen LogP contribution in [0.5, 0.6) is 0 Å². The van der Waals surface area contributed by atoms with Gasteiger partial charge in [0, 0.05) is 26.3 Å². The summed E-state index contributed by atoms with van der Waals surface area (Å²) >= 11 is 0. The van der Waals surface area contributed by atoms with Crippen LogP contribution in [0.2, 0.25) is 0 Å². The zero-order chi connectivity index (χ0) is 10.5. The fraction of sp³-hybridized carbons (Fsp3) is 1.00. The highest BCUT2D eigenvalue weighted by Gasteiger charge is 2.33. The quantitative estimate of drug-likeness (QED) is 0.667. The van der Waals surface area contributed by atoms with Crippen molar-refractivity contribution in [2.75, 3.05) is 39.9 Å². The third-order valence-corrected chi connectivity index (χ3v) is 3.82. The normalized spacial score (nSPS) is 34.6. The number of piperidine rings is 1. The van der Waals surface area contributed by atoms with Crippen molar-refractivity contribution >= 4 is 0 Å². The maximum atomic E-state index is 5.05. The van der Waals surface area contributed by atoms with Crippen LogP contribution in [0.1, 0.15) is 25.7 Å². The molecule has 0 aromatic rings. The second-order valence-electron chi connectivity index (χ2n) is 4.90. The average molecular weight is 212 g/mol. The van der Waals surface area contributed by atoms with Gasteiger partial charge in [-0.05, 0) is 51.2 Å². The summed E-state index contributed by atoms with van der Waals surface area (Å²) < 4.78 is 5.05. The highest BCUT2D eigenvalue weighted by atomic mass is 16.5. The summed E-state index contributed by atoms with van der Waals surface area (Å²) in [6.45, 7) is 6.07. The summed E-state index contributed by atoms with van der Waals surface area (Å²) in [5.41, 5.74) is 0. The van der Waals surface area contributed by atoms with Gasteiger partial charge in [0.2, 0.25) is 0 Å². The number of nitrogens with one attached hydrogen (secondary N) is 1. The van der Waals surface area contributed by atoms with Gasteiger partial charge in [-0.3, -0.25) is 0 Å². The Morgan fingerprint density at radius 3 is 3.00 bits per heavy atom. The first-order chi connectivity index (χ1) is 7.40. The summed E-state index contributed by atoms with van der Waals surface area (Å²) in [4.78, 5) is 2.60. The molecule has 0 radical (unpaired) electrons. The lowest BCUT2D eigenvalue weighted by molar-refractivity contribution is 0.189. The summed E-state index contributed by atoms with van der Waals surface area (Å²) in [7, 11) is 1.78. The van der Waals surface area contributed by atoms with Gasteiger partial charge in [-0.1, -0.05) is 0 Å². The Morgan fingerprint density at radius 2 is 2.13 bits per heavy atom. The molecule has 2 aliphatic heterocycles. The van der Waals surface area contributed by atoms with Crippen molar-refractivity contribution in [2.45, 2.75) is 31.7 Å². The molecule has 2 fully saturated rings. The second-order valence-corrected chi connectivity index (χ2v) is 4.90. The predicted molar refractivity (Wildman–Crippen MR) is 62.1 cm³/mol. The van der Waals surface area contributed by atoms with Crippen molar-refractivity contribution in [3.8, 4) is 0 Å². The third kappa shape index (κ3) is 3.16. The second kappa shape index (κ2) is 5.83. The van der Waals surface area contributed by atoms with Crippen molar-refractivity contribution in [3.05, 3.63) is 0 Å². The molecular weight excluding hydrogens is 188 g/mol. The van der Waals surface area contributed by atoms with Crippen LogP contribution in [0.3, 0.4) is 0 Å². The maximum Gasteiger partial charge on any atom is 0.0462 e. The Morgan fingerprint density at radius 1 is 1.27 bits per heavy atom. The number of hydrogen-bond acceptors (Lipinski definition) is 3. The van der Waals surface area contributed by atoms with Gasteiger partial charge in [-0.2, -0.15) is 0 Å². The van der Waals surface area contributed by atoms with Crippen LogP contribution >= 0.6 is 0 Å². The van der Waals surface area contributed by atoms with Gasteiger partial charge in [-0.25, -0.2) is 0 Å². The van der Waals surface area contributed by atoms with E-state index in [2.05, 4.69) is 10.2 Å². The van der Waals surface area contributed by atoms with E-state index in [1.54, 1.807) is 7.11 Å². The number of rotatable bonds is 6. The maximum absolute atomic E-state index is 5.05. The van der Waals surface area contributed by atoms with E-state index in [1.807, 2.05) is 0 Å². The smallest absolute Gasteiger partial charge is 0.0462 e. The van der Waals surface area contributed by atoms with Crippen LogP contribution in [0.15, 0.2) is 0 Å². The largest absolute Gasteiger partial charge is 0.385 e. The number of unbranched alkanes of at least 4 members (excludes halogenated alkanes) is 1. The molecule has 2 aliphatic rings. The molecule has 0 amide bonds. The number of methoxy groups -OCH3 is 1. The molecule has 0 spiro atoms. The Hall–Kier alpha value is -0.120.